The Morgan fingerprint density at radius 2 is 2.07 bits per heavy atom. The molecule has 0 aliphatic carbocycles. The summed E-state index contributed by atoms with van der Waals surface area (Å²) in [5.74, 6) is 0. The summed E-state index contributed by atoms with van der Waals surface area (Å²) in [5.41, 5.74) is 2.21. The molecule has 0 atom stereocenters. The maximum atomic E-state index is 8.53. The Balaban J connectivity index is 2.49. The van der Waals surface area contributed by atoms with Crippen LogP contribution in [0.15, 0.2) is 36.5 Å². The van der Waals surface area contributed by atoms with Crippen LogP contribution in [0.25, 0.3) is 10.9 Å². The summed E-state index contributed by atoms with van der Waals surface area (Å²) in [7, 11) is 0. The minimum atomic E-state index is 0.563. The molecular weight excluding hydrogens is 172 g/mol. The smallest absolute Gasteiger partial charge is 0.0704 e. The van der Waals surface area contributed by atoms with Crippen LogP contribution in [0.1, 0.15) is 12.0 Å². The van der Waals surface area contributed by atoms with E-state index in [0.717, 1.165) is 17.3 Å². The molecule has 0 saturated carbocycles. The number of aromatic nitrogens is 1. The number of hydrogen-bond acceptors (Lipinski definition) is 2. The minimum Gasteiger partial charge on any atom is -0.256 e. The molecule has 1 aromatic heterocycles. The number of para-hydroxylation sites is 1. The van der Waals surface area contributed by atoms with Crippen LogP contribution in [0, 0.1) is 11.3 Å². The number of fused-ring (bicyclic) bond motifs is 1. The molecule has 0 N–H and O–H groups in total. The van der Waals surface area contributed by atoms with Crippen molar-refractivity contribution in [3.8, 4) is 6.07 Å². The third kappa shape index (κ3) is 1.57. The van der Waals surface area contributed by atoms with Gasteiger partial charge in [0.1, 0.15) is 0 Å². The van der Waals surface area contributed by atoms with E-state index in [2.05, 4.69) is 17.1 Å². The second-order valence-corrected chi connectivity index (χ2v) is 3.15. The van der Waals surface area contributed by atoms with Gasteiger partial charge in [-0.1, -0.05) is 18.2 Å². The van der Waals surface area contributed by atoms with E-state index in [-0.39, 0.29) is 0 Å². The molecule has 0 bridgehead atoms. The molecule has 1 aromatic carbocycles. The van der Waals surface area contributed by atoms with E-state index in [4.69, 9.17) is 5.26 Å². The van der Waals surface area contributed by atoms with Gasteiger partial charge in [0, 0.05) is 18.0 Å². The highest BCUT2D eigenvalue weighted by Gasteiger charge is 1.99. The van der Waals surface area contributed by atoms with Gasteiger partial charge in [-0.3, -0.25) is 4.98 Å². The van der Waals surface area contributed by atoms with Crippen molar-refractivity contribution < 1.29 is 0 Å². The summed E-state index contributed by atoms with van der Waals surface area (Å²) < 4.78 is 0. The zero-order chi connectivity index (χ0) is 9.80. The second-order valence-electron chi connectivity index (χ2n) is 3.15. The first-order valence-electron chi connectivity index (χ1n) is 4.61. The number of benzene rings is 1. The van der Waals surface area contributed by atoms with Gasteiger partial charge in [-0.15, -0.1) is 0 Å². The van der Waals surface area contributed by atoms with Crippen LogP contribution < -0.4 is 0 Å². The number of aryl methyl sites for hydroxylation is 1. The number of nitriles is 1. The number of nitrogens with zero attached hydrogens (tertiary/aromatic N) is 2. The van der Waals surface area contributed by atoms with Gasteiger partial charge in [0.2, 0.25) is 0 Å². The van der Waals surface area contributed by atoms with Crippen LogP contribution in [0.4, 0.5) is 0 Å². The predicted molar refractivity (Wildman–Crippen MR) is 55.7 cm³/mol. The van der Waals surface area contributed by atoms with Crippen LogP contribution in [-0.4, -0.2) is 4.98 Å². The summed E-state index contributed by atoms with van der Waals surface area (Å²) in [6, 6.07) is 12.2. The van der Waals surface area contributed by atoms with Crippen molar-refractivity contribution in [2.45, 2.75) is 12.8 Å². The number of rotatable bonds is 2. The normalized spacial score (nSPS) is 9.93. The summed E-state index contributed by atoms with van der Waals surface area (Å²) >= 11 is 0. The molecule has 0 fully saturated rings. The average molecular weight is 182 g/mol. The lowest BCUT2D eigenvalue weighted by molar-refractivity contribution is 1.02. The molecule has 0 aliphatic rings. The second kappa shape index (κ2) is 3.89. The largest absolute Gasteiger partial charge is 0.256 e. The standard InChI is InChI=1S/C12H10N2/c13-8-3-4-10-7-9-14-12-6-2-1-5-11(10)12/h1-2,5-7,9H,3-4H2. The maximum Gasteiger partial charge on any atom is 0.0704 e. The van der Waals surface area contributed by atoms with E-state index in [1.807, 2.05) is 24.3 Å². The Hall–Kier alpha value is -1.88. The van der Waals surface area contributed by atoms with E-state index in [0.29, 0.717) is 6.42 Å². The third-order valence-corrected chi connectivity index (χ3v) is 2.25. The van der Waals surface area contributed by atoms with E-state index in [1.54, 1.807) is 6.20 Å². The molecule has 0 amide bonds. The zero-order valence-corrected chi connectivity index (χ0v) is 7.77. The Bertz CT molecular complexity index is 478. The lowest BCUT2D eigenvalue weighted by Crippen LogP contribution is -1.87. The fourth-order valence-corrected chi connectivity index (χ4v) is 1.56. The van der Waals surface area contributed by atoms with Gasteiger partial charge in [-0.2, -0.15) is 5.26 Å². The highest BCUT2D eigenvalue weighted by Crippen LogP contribution is 2.17. The molecule has 2 nitrogen and oxygen atoms in total. The molecule has 2 aromatic rings. The minimum absolute atomic E-state index is 0.563. The monoisotopic (exact) mass is 182 g/mol. The molecule has 0 aliphatic heterocycles. The first-order chi connectivity index (χ1) is 6.92. The molecule has 14 heavy (non-hydrogen) atoms. The zero-order valence-electron chi connectivity index (χ0n) is 7.77. The summed E-state index contributed by atoms with van der Waals surface area (Å²) in [5, 5.41) is 9.69. The van der Waals surface area contributed by atoms with Gasteiger partial charge >= 0.3 is 0 Å². The van der Waals surface area contributed by atoms with Crippen molar-refractivity contribution in [3.63, 3.8) is 0 Å². The van der Waals surface area contributed by atoms with Crippen molar-refractivity contribution in [1.29, 1.82) is 5.26 Å². The predicted octanol–water partition coefficient (Wildman–Crippen LogP) is 2.69. The Morgan fingerprint density at radius 3 is 2.93 bits per heavy atom. The first-order valence-corrected chi connectivity index (χ1v) is 4.61. The molecule has 2 heteroatoms. The van der Waals surface area contributed by atoms with Gasteiger partial charge in [0.05, 0.1) is 11.6 Å². The van der Waals surface area contributed by atoms with Gasteiger partial charge < -0.3 is 0 Å². The van der Waals surface area contributed by atoms with Crippen molar-refractivity contribution in [2.75, 3.05) is 0 Å². The van der Waals surface area contributed by atoms with Crippen molar-refractivity contribution in [1.82, 2.24) is 4.98 Å². The third-order valence-electron chi connectivity index (χ3n) is 2.25. The number of hydrogen-bond donors (Lipinski definition) is 0. The van der Waals surface area contributed by atoms with Crippen molar-refractivity contribution >= 4 is 10.9 Å². The van der Waals surface area contributed by atoms with Crippen LogP contribution in [-0.2, 0) is 6.42 Å². The average Bonchev–Trinajstić information content (AvgIpc) is 2.26. The molecule has 2 rings (SSSR count). The van der Waals surface area contributed by atoms with Gasteiger partial charge in [-0.25, -0.2) is 0 Å². The molecule has 1 heterocycles. The quantitative estimate of drug-likeness (QED) is 0.716. The molecular formula is C12H10N2. The molecule has 68 valence electrons. The Kier molecular flexibility index (Phi) is 2.42. The van der Waals surface area contributed by atoms with Crippen molar-refractivity contribution in [3.05, 3.63) is 42.1 Å². The van der Waals surface area contributed by atoms with E-state index in [9.17, 15) is 0 Å². The molecule has 0 spiro atoms. The molecule has 0 radical (unpaired) electrons. The fourth-order valence-electron chi connectivity index (χ4n) is 1.56. The number of pyridine rings is 1. The van der Waals surface area contributed by atoms with Crippen LogP contribution in [0.2, 0.25) is 0 Å². The molecule has 0 unspecified atom stereocenters. The van der Waals surface area contributed by atoms with Crippen LogP contribution in [0.3, 0.4) is 0 Å². The van der Waals surface area contributed by atoms with Gasteiger partial charge in [-0.05, 0) is 24.1 Å². The molecule has 0 saturated heterocycles. The maximum absolute atomic E-state index is 8.53. The summed E-state index contributed by atoms with van der Waals surface area (Å²) in [4.78, 5) is 4.27. The summed E-state index contributed by atoms with van der Waals surface area (Å²) in [6.07, 6.45) is 3.17. The van der Waals surface area contributed by atoms with Gasteiger partial charge in [0.15, 0.2) is 0 Å². The highest BCUT2D eigenvalue weighted by molar-refractivity contribution is 5.81. The van der Waals surface area contributed by atoms with Crippen molar-refractivity contribution in [2.24, 2.45) is 0 Å². The van der Waals surface area contributed by atoms with Crippen LogP contribution in [0.5, 0.6) is 0 Å². The van der Waals surface area contributed by atoms with E-state index in [1.165, 1.54) is 5.56 Å². The summed E-state index contributed by atoms with van der Waals surface area (Å²) in [6.45, 7) is 0. The highest BCUT2D eigenvalue weighted by atomic mass is 14.6. The Labute approximate surface area is 82.8 Å². The van der Waals surface area contributed by atoms with Gasteiger partial charge in [0.25, 0.3) is 0 Å². The topological polar surface area (TPSA) is 36.7 Å². The lowest BCUT2D eigenvalue weighted by atomic mass is 10.1. The Morgan fingerprint density at radius 1 is 1.21 bits per heavy atom. The van der Waals surface area contributed by atoms with Crippen LogP contribution >= 0.6 is 0 Å². The lowest BCUT2D eigenvalue weighted by Gasteiger charge is -2.02. The van der Waals surface area contributed by atoms with E-state index >= 15 is 0 Å². The first kappa shape index (κ1) is 8.71. The van der Waals surface area contributed by atoms with E-state index < -0.39 is 0 Å². The SMILES string of the molecule is N#CCCc1ccnc2ccccc12. The fraction of sp³-hybridized carbons (Fsp3) is 0.167.